The molecule has 2 amide bonds. The van der Waals surface area contributed by atoms with E-state index < -0.39 is 10.8 Å². The number of amides is 2. The molecule has 1 aliphatic rings. The third kappa shape index (κ3) is 6.64. The van der Waals surface area contributed by atoms with Gasteiger partial charge in [0.2, 0.25) is 0 Å². The average Bonchev–Trinajstić information content (AvgIpc) is 3.17. The van der Waals surface area contributed by atoms with Crippen molar-refractivity contribution < 1.29 is 28.7 Å². The highest BCUT2D eigenvalue weighted by atomic mass is 35.5. The highest BCUT2D eigenvalue weighted by Gasteiger charge is 2.34. The number of para-hydroxylation sites is 1. The first kappa shape index (κ1) is 27.0. The number of carbonyl (C=O) groups excluding carboxylic acids is 2. The van der Waals surface area contributed by atoms with Gasteiger partial charge in [-0.2, -0.15) is 0 Å². The number of halogens is 1. The summed E-state index contributed by atoms with van der Waals surface area (Å²) in [6.07, 6.45) is 1.63. The Morgan fingerprint density at radius 1 is 0.974 bits per heavy atom. The third-order valence-electron chi connectivity index (χ3n) is 5.39. The Hall–Kier alpha value is -4.02. The van der Waals surface area contributed by atoms with Gasteiger partial charge in [0.15, 0.2) is 11.5 Å². The number of imide groups is 1. The molecule has 0 N–H and O–H groups in total. The predicted molar refractivity (Wildman–Crippen MR) is 145 cm³/mol. The van der Waals surface area contributed by atoms with Gasteiger partial charge >= 0.3 is 0 Å². The minimum atomic E-state index is -0.459. The molecule has 0 radical (unpaired) electrons. The molecule has 0 spiro atoms. The van der Waals surface area contributed by atoms with Crippen molar-refractivity contribution in [3.63, 3.8) is 0 Å². The summed E-state index contributed by atoms with van der Waals surface area (Å²) in [5, 5.41) is 10.9. The highest BCUT2D eigenvalue weighted by Crippen LogP contribution is 2.35. The number of nitro groups is 1. The van der Waals surface area contributed by atoms with Gasteiger partial charge in [0.1, 0.15) is 19.0 Å². The summed E-state index contributed by atoms with van der Waals surface area (Å²) >= 11 is 6.93. The maximum Gasteiger partial charge on any atom is 0.293 e. The number of hydrogen-bond acceptors (Lipinski definition) is 8. The van der Waals surface area contributed by atoms with E-state index in [1.807, 2.05) is 6.92 Å². The van der Waals surface area contributed by atoms with E-state index in [1.54, 1.807) is 60.7 Å². The van der Waals surface area contributed by atoms with Crippen LogP contribution in [0.1, 0.15) is 18.1 Å². The maximum atomic E-state index is 12.9. The van der Waals surface area contributed by atoms with Crippen molar-refractivity contribution in [1.29, 1.82) is 0 Å². The molecule has 1 heterocycles. The van der Waals surface area contributed by atoms with Crippen molar-refractivity contribution >= 4 is 46.3 Å². The van der Waals surface area contributed by atoms with Gasteiger partial charge in [-0.15, -0.1) is 0 Å². The minimum absolute atomic E-state index is 0.00522. The Bertz CT molecular complexity index is 1380. The van der Waals surface area contributed by atoms with Crippen molar-refractivity contribution in [3.05, 3.63) is 97.9 Å². The summed E-state index contributed by atoms with van der Waals surface area (Å²) < 4.78 is 17.2. The molecule has 0 aliphatic carbocycles. The van der Waals surface area contributed by atoms with Crippen LogP contribution in [0.2, 0.25) is 5.02 Å². The Labute approximate surface area is 228 Å². The molecule has 0 saturated carbocycles. The molecule has 11 heteroatoms. The van der Waals surface area contributed by atoms with Gasteiger partial charge in [-0.25, -0.2) is 0 Å². The first-order chi connectivity index (χ1) is 18.4. The number of hydrogen-bond donors (Lipinski definition) is 0. The minimum Gasteiger partial charge on any atom is -0.490 e. The second-order valence-corrected chi connectivity index (χ2v) is 9.36. The summed E-state index contributed by atoms with van der Waals surface area (Å²) in [6.45, 7) is 2.62. The van der Waals surface area contributed by atoms with Crippen LogP contribution in [-0.2, 0) is 11.4 Å². The SMILES string of the molecule is CCOc1cc(/C=C2\SC(=O)N(CCOc3ccccc3Cl)C2=O)ccc1OCc1ccc([N+](=O)[O-])cc1. The van der Waals surface area contributed by atoms with Crippen molar-refractivity contribution in [3.8, 4) is 17.2 Å². The monoisotopic (exact) mass is 554 g/mol. The lowest BCUT2D eigenvalue weighted by Gasteiger charge is -2.14. The van der Waals surface area contributed by atoms with Crippen LogP contribution in [0, 0.1) is 10.1 Å². The number of nitro benzene ring substituents is 1. The second kappa shape index (κ2) is 12.5. The van der Waals surface area contributed by atoms with Crippen LogP contribution >= 0.6 is 23.4 Å². The molecule has 4 rings (SSSR count). The fraction of sp³-hybridized carbons (Fsp3) is 0.185. The molecule has 9 nitrogen and oxygen atoms in total. The zero-order chi connectivity index (χ0) is 27.1. The zero-order valence-corrected chi connectivity index (χ0v) is 21.9. The fourth-order valence-corrected chi connectivity index (χ4v) is 4.59. The second-order valence-electron chi connectivity index (χ2n) is 7.96. The predicted octanol–water partition coefficient (Wildman–Crippen LogP) is 6.34. The first-order valence-corrected chi connectivity index (χ1v) is 12.8. The van der Waals surface area contributed by atoms with Gasteiger partial charge < -0.3 is 14.2 Å². The van der Waals surface area contributed by atoms with Crippen LogP contribution < -0.4 is 14.2 Å². The summed E-state index contributed by atoms with van der Waals surface area (Å²) in [7, 11) is 0. The molecule has 1 aliphatic heterocycles. The van der Waals surface area contributed by atoms with Gasteiger partial charge in [0, 0.05) is 12.1 Å². The molecule has 3 aromatic carbocycles. The number of benzene rings is 3. The van der Waals surface area contributed by atoms with Crippen LogP contribution in [0.3, 0.4) is 0 Å². The van der Waals surface area contributed by atoms with Crippen molar-refractivity contribution in [2.75, 3.05) is 19.8 Å². The number of non-ortho nitro benzene ring substituents is 1. The Kier molecular flexibility index (Phi) is 8.88. The summed E-state index contributed by atoms with van der Waals surface area (Å²) in [4.78, 5) is 37.1. The Morgan fingerprint density at radius 3 is 2.45 bits per heavy atom. The molecule has 0 atom stereocenters. The van der Waals surface area contributed by atoms with Gasteiger partial charge in [-0.05, 0) is 72.3 Å². The lowest BCUT2D eigenvalue weighted by atomic mass is 10.1. The third-order valence-corrected chi connectivity index (χ3v) is 6.61. The van der Waals surface area contributed by atoms with Crippen LogP contribution in [0.25, 0.3) is 6.08 Å². The van der Waals surface area contributed by atoms with E-state index in [-0.39, 0.29) is 35.6 Å². The Balaban J connectivity index is 1.41. The summed E-state index contributed by atoms with van der Waals surface area (Å²) in [5.74, 6) is 1.03. The molecule has 3 aromatic rings. The van der Waals surface area contributed by atoms with Gasteiger partial charge in [0.05, 0.1) is 28.0 Å². The number of thioether (sulfide) groups is 1. The molecule has 1 saturated heterocycles. The van der Waals surface area contributed by atoms with E-state index in [4.69, 9.17) is 25.8 Å². The standard InChI is InChI=1S/C27H23ClN2O7S/c1-2-35-24-15-19(9-12-23(24)37-17-18-7-10-20(11-8-18)30(33)34)16-25-26(31)29(27(32)38-25)13-14-36-22-6-4-3-5-21(22)28/h3-12,15-16H,2,13-14,17H2,1H3/b25-16-. The van der Waals surface area contributed by atoms with Gasteiger partial charge in [0.25, 0.3) is 16.8 Å². The maximum absolute atomic E-state index is 12.9. The molecule has 0 bridgehead atoms. The molecule has 1 fully saturated rings. The van der Waals surface area contributed by atoms with Crippen molar-refractivity contribution in [1.82, 2.24) is 4.90 Å². The first-order valence-electron chi connectivity index (χ1n) is 11.6. The lowest BCUT2D eigenvalue weighted by molar-refractivity contribution is -0.384. The van der Waals surface area contributed by atoms with Gasteiger partial charge in [-0.1, -0.05) is 29.8 Å². The van der Waals surface area contributed by atoms with E-state index in [9.17, 15) is 19.7 Å². The van der Waals surface area contributed by atoms with Crippen molar-refractivity contribution in [2.45, 2.75) is 13.5 Å². The molecular weight excluding hydrogens is 532 g/mol. The van der Waals surface area contributed by atoms with E-state index in [0.717, 1.165) is 22.2 Å². The molecule has 0 unspecified atom stereocenters. The molecule has 0 aromatic heterocycles. The van der Waals surface area contributed by atoms with E-state index in [2.05, 4.69) is 0 Å². The normalized spacial score (nSPS) is 14.2. The lowest BCUT2D eigenvalue weighted by Crippen LogP contribution is -2.32. The number of carbonyl (C=O) groups is 2. The average molecular weight is 555 g/mol. The van der Waals surface area contributed by atoms with Crippen LogP contribution in [-0.4, -0.2) is 40.7 Å². The highest BCUT2D eigenvalue weighted by molar-refractivity contribution is 8.18. The smallest absolute Gasteiger partial charge is 0.293 e. The number of ether oxygens (including phenoxy) is 3. The largest absolute Gasteiger partial charge is 0.490 e. The van der Waals surface area contributed by atoms with Crippen LogP contribution in [0.4, 0.5) is 10.5 Å². The van der Waals surface area contributed by atoms with E-state index in [0.29, 0.717) is 34.4 Å². The van der Waals surface area contributed by atoms with E-state index in [1.165, 1.54) is 12.1 Å². The zero-order valence-electron chi connectivity index (χ0n) is 20.3. The summed E-state index contributed by atoms with van der Waals surface area (Å²) in [5.41, 5.74) is 1.42. The summed E-state index contributed by atoms with van der Waals surface area (Å²) in [6, 6.07) is 18.3. The molecule has 38 heavy (non-hydrogen) atoms. The molecular formula is C27H23ClN2O7S. The number of rotatable bonds is 11. The number of nitrogens with zero attached hydrogens (tertiary/aromatic N) is 2. The van der Waals surface area contributed by atoms with Crippen LogP contribution in [0.15, 0.2) is 71.6 Å². The fourth-order valence-electron chi connectivity index (χ4n) is 3.53. The van der Waals surface area contributed by atoms with E-state index >= 15 is 0 Å². The molecule has 196 valence electrons. The van der Waals surface area contributed by atoms with Crippen LogP contribution in [0.5, 0.6) is 17.2 Å². The topological polar surface area (TPSA) is 108 Å². The van der Waals surface area contributed by atoms with Crippen molar-refractivity contribution in [2.24, 2.45) is 0 Å². The Morgan fingerprint density at radius 2 is 1.74 bits per heavy atom. The quantitative estimate of drug-likeness (QED) is 0.153. The van der Waals surface area contributed by atoms with Gasteiger partial charge in [-0.3, -0.25) is 24.6 Å².